The van der Waals surface area contributed by atoms with E-state index >= 15 is 0 Å². The lowest BCUT2D eigenvalue weighted by atomic mass is 10.1. The summed E-state index contributed by atoms with van der Waals surface area (Å²) in [5, 5.41) is 8.84. The summed E-state index contributed by atoms with van der Waals surface area (Å²) in [4.78, 5) is 23.5. The molecule has 0 saturated heterocycles. The van der Waals surface area contributed by atoms with Crippen molar-refractivity contribution in [1.82, 2.24) is 19.5 Å². The van der Waals surface area contributed by atoms with Crippen LogP contribution >= 0.6 is 0 Å². The molecule has 0 aliphatic rings. The smallest absolute Gasteiger partial charge is 0.307 e. The average Bonchev–Trinajstić information content (AvgIpc) is 2.69. The van der Waals surface area contributed by atoms with E-state index in [0.29, 0.717) is 22.8 Å². The Balaban J connectivity index is 2.49. The van der Waals surface area contributed by atoms with Crippen molar-refractivity contribution in [2.45, 2.75) is 20.3 Å². The lowest BCUT2D eigenvalue weighted by Gasteiger charge is -2.09. The zero-order valence-electron chi connectivity index (χ0n) is 10.5. The van der Waals surface area contributed by atoms with Crippen LogP contribution in [0.1, 0.15) is 17.0 Å². The molecule has 18 heavy (non-hydrogen) atoms. The number of hydrogen-bond acceptors (Lipinski definition) is 4. The first-order valence-corrected chi connectivity index (χ1v) is 5.51. The molecule has 2 aromatic rings. The second kappa shape index (κ2) is 4.56. The normalized spacial score (nSPS) is 10.6. The van der Waals surface area contributed by atoms with Crippen LogP contribution in [0.2, 0.25) is 0 Å². The lowest BCUT2D eigenvalue weighted by Crippen LogP contribution is -2.09. The van der Waals surface area contributed by atoms with Crippen LogP contribution in [0.5, 0.6) is 0 Å². The SMILES string of the molecule is Cc1nc(-c2cncn2C)nc(C)c1CC(=O)O. The molecule has 0 unspecified atom stereocenters. The number of imidazole rings is 1. The lowest BCUT2D eigenvalue weighted by molar-refractivity contribution is -0.136. The van der Waals surface area contributed by atoms with Gasteiger partial charge in [-0.05, 0) is 13.8 Å². The molecule has 0 atom stereocenters. The quantitative estimate of drug-likeness (QED) is 0.877. The fraction of sp³-hybridized carbons (Fsp3) is 0.333. The van der Waals surface area contributed by atoms with Crippen molar-refractivity contribution < 1.29 is 9.90 Å². The van der Waals surface area contributed by atoms with Gasteiger partial charge >= 0.3 is 5.97 Å². The number of rotatable bonds is 3. The molecular formula is C12H14N4O2. The molecule has 2 rings (SSSR count). The molecule has 1 N–H and O–H groups in total. The topological polar surface area (TPSA) is 80.9 Å². The van der Waals surface area contributed by atoms with E-state index < -0.39 is 5.97 Å². The van der Waals surface area contributed by atoms with Crippen LogP contribution in [-0.4, -0.2) is 30.6 Å². The number of aliphatic carboxylic acids is 1. The zero-order chi connectivity index (χ0) is 13.3. The minimum atomic E-state index is -0.877. The molecule has 2 aromatic heterocycles. The Labute approximate surface area is 104 Å². The first kappa shape index (κ1) is 12.2. The Kier molecular flexibility index (Phi) is 3.10. The van der Waals surface area contributed by atoms with Gasteiger partial charge in [-0.1, -0.05) is 0 Å². The van der Waals surface area contributed by atoms with Crippen LogP contribution < -0.4 is 0 Å². The molecule has 6 nitrogen and oxygen atoms in total. The van der Waals surface area contributed by atoms with Crippen molar-refractivity contribution in [1.29, 1.82) is 0 Å². The summed E-state index contributed by atoms with van der Waals surface area (Å²) in [6.07, 6.45) is 3.31. The summed E-state index contributed by atoms with van der Waals surface area (Å²) < 4.78 is 1.82. The predicted octanol–water partition coefficient (Wildman–Crippen LogP) is 1.12. The van der Waals surface area contributed by atoms with E-state index in [1.54, 1.807) is 26.4 Å². The highest BCUT2D eigenvalue weighted by Crippen LogP contribution is 2.18. The van der Waals surface area contributed by atoms with Gasteiger partial charge in [0.1, 0.15) is 5.69 Å². The molecule has 2 heterocycles. The Bertz CT molecular complexity index is 581. The highest BCUT2D eigenvalue weighted by molar-refractivity contribution is 5.71. The largest absolute Gasteiger partial charge is 0.481 e. The van der Waals surface area contributed by atoms with Gasteiger partial charge in [0.05, 0.1) is 18.9 Å². The fourth-order valence-electron chi connectivity index (χ4n) is 1.83. The van der Waals surface area contributed by atoms with Crippen LogP contribution in [-0.2, 0) is 18.3 Å². The Morgan fingerprint density at radius 1 is 1.33 bits per heavy atom. The van der Waals surface area contributed by atoms with Gasteiger partial charge in [-0.3, -0.25) is 4.79 Å². The zero-order valence-corrected chi connectivity index (χ0v) is 10.5. The van der Waals surface area contributed by atoms with E-state index in [1.807, 2.05) is 11.6 Å². The molecule has 0 radical (unpaired) electrons. The molecule has 0 fully saturated rings. The van der Waals surface area contributed by atoms with E-state index in [9.17, 15) is 4.79 Å². The van der Waals surface area contributed by atoms with Crippen LogP contribution in [0.3, 0.4) is 0 Å². The number of carboxylic acids is 1. The standard InChI is InChI=1S/C12H14N4O2/c1-7-9(4-11(17)18)8(2)15-12(14-7)10-5-13-6-16(10)3/h5-6H,4H2,1-3H3,(H,17,18). The molecule has 0 aromatic carbocycles. The Morgan fingerprint density at radius 2 is 1.94 bits per heavy atom. The average molecular weight is 246 g/mol. The number of aromatic nitrogens is 4. The van der Waals surface area contributed by atoms with Gasteiger partial charge in [0.25, 0.3) is 0 Å². The number of aryl methyl sites for hydroxylation is 3. The van der Waals surface area contributed by atoms with Crippen molar-refractivity contribution in [2.75, 3.05) is 0 Å². The third-order valence-corrected chi connectivity index (χ3v) is 2.79. The van der Waals surface area contributed by atoms with Gasteiger partial charge in [-0.15, -0.1) is 0 Å². The fourth-order valence-corrected chi connectivity index (χ4v) is 1.83. The second-order valence-corrected chi connectivity index (χ2v) is 4.16. The van der Waals surface area contributed by atoms with Crippen LogP contribution in [0.4, 0.5) is 0 Å². The highest BCUT2D eigenvalue weighted by atomic mass is 16.4. The summed E-state index contributed by atoms with van der Waals surface area (Å²) in [7, 11) is 1.86. The van der Waals surface area contributed by atoms with E-state index in [0.717, 1.165) is 5.69 Å². The molecule has 0 saturated carbocycles. The van der Waals surface area contributed by atoms with Gasteiger partial charge in [0.2, 0.25) is 0 Å². The van der Waals surface area contributed by atoms with E-state index in [2.05, 4.69) is 15.0 Å². The minimum absolute atomic E-state index is 0.0522. The summed E-state index contributed by atoms with van der Waals surface area (Å²) in [5.41, 5.74) is 2.87. The monoisotopic (exact) mass is 246 g/mol. The first-order chi connectivity index (χ1) is 8.49. The molecule has 94 valence electrons. The predicted molar refractivity (Wildman–Crippen MR) is 65.0 cm³/mol. The van der Waals surface area contributed by atoms with Gasteiger partial charge in [-0.2, -0.15) is 0 Å². The maximum Gasteiger partial charge on any atom is 0.307 e. The van der Waals surface area contributed by atoms with Gasteiger partial charge in [0, 0.05) is 24.0 Å². The maximum atomic E-state index is 10.8. The van der Waals surface area contributed by atoms with Gasteiger partial charge < -0.3 is 9.67 Å². The summed E-state index contributed by atoms with van der Waals surface area (Å²) >= 11 is 0. The second-order valence-electron chi connectivity index (χ2n) is 4.16. The third kappa shape index (κ3) is 2.22. The molecule has 0 aliphatic carbocycles. The van der Waals surface area contributed by atoms with Crippen LogP contribution in [0, 0.1) is 13.8 Å². The summed E-state index contributed by atoms with van der Waals surface area (Å²) in [6.45, 7) is 3.60. The van der Waals surface area contributed by atoms with Crippen molar-refractivity contribution in [3.05, 3.63) is 29.5 Å². The Hall–Kier alpha value is -2.24. The number of carboxylic acid groups (broad SMARTS) is 1. The van der Waals surface area contributed by atoms with Crippen LogP contribution in [0.25, 0.3) is 11.5 Å². The first-order valence-electron chi connectivity index (χ1n) is 5.51. The Morgan fingerprint density at radius 3 is 2.39 bits per heavy atom. The molecule has 6 heteroatoms. The highest BCUT2D eigenvalue weighted by Gasteiger charge is 2.14. The molecule has 0 bridgehead atoms. The van der Waals surface area contributed by atoms with E-state index in [1.165, 1.54) is 0 Å². The van der Waals surface area contributed by atoms with Gasteiger partial charge in [-0.25, -0.2) is 15.0 Å². The number of hydrogen-bond donors (Lipinski definition) is 1. The molecule has 0 amide bonds. The summed E-state index contributed by atoms with van der Waals surface area (Å²) in [5.74, 6) is -0.308. The number of carbonyl (C=O) groups is 1. The third-order valence-electron chi connectivity index (χ3n) is 2.79. The number of nitrogens with zero attached hydrogens (tertiary/aromatic N) is 4. The maximum absolute atomic E-state index is 10.8. The van der Waals surface area contributed by atoms with E-state index in [4.69, 9.17) is 5.11 Å². The van der Waals surface area contributed by atoms with Crippen molar-refractivity contribution in [2.24, 2.45) is 7.05 Å². The van der Waals surface area contributed by atoms with Crippen molar-refractivity contribution >= 4 is 5.97 Å². The van der Waals surface area contributed by atoms with Crippen molar-refractivity contribution in [3.8, 4) is 11.5 Å². The molecule has 0 aliphatic heterocycles. The van der Waals surface area contributed by atoms with E-state index in [-0.39, 0.29) is 6.42 Å². The van der Waals surface area contributed by atoms with Crippen molar-refractivity contribution in [3.63, 3.8) is 0 Å². The summed E-state index contributed by atoms with van der Waals surface area (Å²) in [6, 6.07) is 0. The van der Waals surface area contributed by atoms with Crippen LogP contribution in [0.15, 0.2) is 12.5 Å². The molecular weight excluding hydrogens is 232 g/mol. The minimum Gasteiger partial charge on any atom is -0.481 e. The molecule has 0 spiro atoms. The van der Waals surface area contributed by atoms with Gasteiger partial charge in [0.15, 0.2) is 5.82 Å².